The third-order valence-electron chi connectivity index (χ3n) is 8.42. The second-order valence-electron chi connectivity index (χ2n) is 11.7. The molecule has 0 aliphatic carbocycles. The molecule has 0 spiro atoms. The molecule has 266 valence electrons. The first kappa shape index (κ1) is 34.3. The molecule has 4 N–H and O–H groups in total. The fourth-order valence-electron chi connectivity index (χ4n) is 5.99. The van der Waals surface area contributed by atoms with Crippen LogP contribution in [0.2, 0.25) is 0 Å². The van der Waals surface area contributed by atoms with Gasteiger partial charge in [-0.2, -0.15) is 0 Å². The normalized spacial score (nSPS) is 11.1. The maximum absolute atomic E-state index is 13.6. The fraction of sp³-hybridized carbons (Fsp3) is 0. The Bertz CT molecular complexity index is 2720. The van der Waals surface area contributed by atoms with Gasteiger partial charge < -0.3 is 29.9 Å². The summed E-state index contributed by atoms with van der Waals surface area (Å²) in [6, 6.07) is 20.2. The van der Waals surface area contributed by atoms with Gasteiger partial charge in [-0.05, 0) is 72.8 Å². The number of rotatable bonds is 10. The van der Waals surface area contributed by atoms with E-state index in [-0.39, 0.29) is 55.9 Å². The van der Waals surface area contributed by atoms with Gasteiger partial charge in [0.2, 0.25) is 0 Å². The number of carbonyl (C=O) groups is 4. The Hall–Kier alpha value is -8.14. The molecule has 0 unspecified atom stereocenters. The predicted octanol–water partition coefficient (Wildman–Crippen LogP) is 4.27. The number of aromatic carboxylic acids is 4. The molecule has 0 saturated heterocycles. The highest BCUT2D eigenvalue weighted by Gasteiger charge is 2.23. The molecule has 7 aromatic rings. The molecule has 0 amide bonds. The van der Waals surface area contributed by atoms with Gasteiger partial charge in [-0.3, -0.25) is 19.2 Å². The lowest BCUT2D eigenvalue weighted by atomic mass is 10.1. The monoisotopic (exact) mass is 728 g/mol. The van der Waals surface area contributed by atoms with Crippen LogP contribution in [0.3, 0.4) is 0 Å². The van der Waals surface area contributed by atoms with Crippen LogP contribution in [0.25, 0.3) is 32.9 Å². The van der Waals surface area contributed by atoms with E-state index in [1.54, 1.807) is 0 Å². The first-order chi connectivity index (χ1) is 25.7. The summed E-state index contributed by atoms with van der Waals surface area (Å²) in [5.74, 6) is -5.82. The number of hydrogen-bond acceptors (Lipinski definition) is 10. The predicted molar refractivity (Wildman–Crippen MR) is 188 cm³/mol. The standard InChI is InChI=1S/C38H20N2O14/c41-31-25-15-27-28(34(44)40(33(27)43)18-4-2-6-20(12-18)54-22-8-10-24(36(47)48)30(14-22)38(51)52)16-26(25)32(42)39(31)17-3-1-5-19(11-17)53-21-7-9-23(35(45)46)29(13-21)37(49)50/h1-16H,(H,45,46)(H,47,48)(H,49,50)(H,51,52). The summed E-state index contributed by atoms with van der Waals surface area (Å²) in [5.41, 5.74) is -5.09. The van der Waals surface area contributed by atoms with E-state index in [9.17, 15) is 58.8 Å². The van der Waals surface area contributed by atoms with E-state index >= 15 is 0 Å². The maximum Gasteiger partial charge on any atom is 0.336 e. The van der Waals surface area contributed by atoms with Gasteiger partial charge in [-0.15, -0.1) is 0 Å². The van der Waals surface area contributed by atoms with Crippen molar-refractivity contribution in [1.82, 2.24) is 9.13 Å². The second kappa shape index (κ2) is 12.9. The Kier molecular flexibility index (Phi) is 8.18. The van der Waals surface area contributed by atoms with Crippen molar-refractivity contribution in [2.75, 3.05) is 0 Å². The minimum atomic E-state index is -1.49. The number of carboxylic acids is 4. The van der Waals surface area contributed by atoms with Crippen molar-refractivity contribution in [2.45, 2.75) is 0 Å². The quantitative estimate of drug-likeness (QED) is 0.154. The fourth-order valence-corrected chi connectivity index (χ4v) is 5.99. The molecule has 16 heteroatoms. The Morgan fingerprint density at radius 3 is 1.02 bits per heavy atom. The van der Waals surface area contributed by atoms with Crippen molar-refractivity contribution >= 4 is 45.4 Å². The van der Waals surface area contributed by atoms with Crippen molar-refractivity contribution in [3.8, 4) is 34.4 Å². The number of ether oxygens (including phenoxy) is 2. The molecular weight excluding hydrogens is 708 g/mol. The molecule has 0 aliphatic rings. The average molecular weight is 729 g/mol. The van der Waals surface area contributed by atoms with E-state index in [1.165, 1.54) is 60.7 Å². The van der Waals surface area contributed by atoms with Crippen LogP contribution in [0, 0.1) is 0 Å². The molecule has 16 nitrogen and oxygen atoms in total. The molecule has 2 aromatic heterocycles. The van der Waals surface area contributed by atoms with E-state index in [2.05, 4.69) is 0 Å². The van der Waals surface area contributed by atoms with Gasteiger partial charge >= 0.3 is 23.9 Å². The van der Waals surface area contributed by atoms with Gasteiger partial charge in [0, 0.05) is 12.1 Å². The van der Waals surface area contributed by atoms with Crippen LogP contribution >= 0.6 is 0 Å². The summed E-state index contributed by atoms with van der Waals surface area (Å²) in [6.07, 6.45) is 0. The van der Waals surface area contributed by atoms with Crippen molar-refractivity contribution in [1.29, 1.82) is 0 Å². The third kappa shape index (κ3) is 5.80. The zero-order valence-corrected chi connectivity index (χ0v) is 27.0. The summed E-state index contributed by atoms with van der Waals surface area (Å²) < 4.78 is 13.1. The van der Waals surface area contributed by atoms with E-state index in [0.717, 1.165) is 45.5 Å². The summed E-state index contributed by atoms with van der Waals surface area (Å²) in [6.45, 7) is 0. The van der Waals surface area contributed by atoms with Crippen molar-refractivity contribution in [2.24, 2.45) is 0 Å². The van der Waals surface area contributed by atoms with E-state index in [0.29, 0.717) is 0 Å². The Labute approximate surface area is 298 Å². The number of carboxylic acid groups (broad SMARTS) is 4. The van der Waals surface area contributed by atoms with Gasteiger partial charge in [0.05, 0.1) is 55.2 Å². The molecule has 54 heavy (non-hydrogen) atoms. The molecule has 0 saturated carbocycles. The summed E-state index contributed by atoms with van der Waals surface area (Å²) in [4.78, 5) is 100. The molecule has 5 aromatic carbocycles. The molecule has 7 rings (SSSR count). The highest BCUT2D eigenvalue weighted by Crippen LogP contribution is 2.28. The van der Waals surface area contributed by atoms with Crippen molar-refractivity contribution in [3.05, 3.63) is 161 Å². The maximum atomic E-state index is 13.6. The Morgan fingerprint density at radius 1 is 0.389 bits per heavy atom. The van der Waals surface area contributed by atoms with Gasteiger partial charge in [-0.25, -0.2) is 28.3 Å². The zero-order valence-electron chi connectivity index (χ0n) is 27.0. The lowest BCUT2D eigenvalue weighted by Gasteiger charge is -2.09. The van der Waals surface area contributed by atoms with Crippen LogP contribution in [0.15, 0.2) is 116 Å². The highest BCUT2D eigenvalue weighted by atomic mass is 16.5. The van der Waals surface area contributed by atoms with Gasteiger partial charge in [0.15, 0.2) is 0 Å². The molecule has 0 bridgehead atoms. The topological polar surface area (TPSA) is 246 Å². The highest BCUT2D eigenvalue weighted by molar-refractivity contribution is 6.03. The lowest BCUT2D eigenvalue weighted by Crippen LogP contribution is -2.24. The SMILES string of the molecule is O=C(O)c1ccc(Oc2cccc(-n3c(=O)c4cc5c(=O)n(-c6cccc(Oc7ccc(C(=O)O)c(C(=O)O)c7)c6)c(=O)c5cc4c3=O)c2)cc1C(=O)O. The minimum Gasteiger partial charge on any atom is -0.478 e. The van der Waals surface area contributed by atoms with Crippen molar-refractivity contribution < 1.29 is 49.1 Å². The smallest absolute Gasteiger partial charge is 0.336 e. The van der Waals surface area contributed by atoms with E-state index in [4.69, 9.17) is 9.47 Å². The first-order valence-electron chi connectivity index (χ1n) is 15.5. The third-order valence-corrected chi connectivity index (χ3v) is 8.42. The number of nitrogens with zero attached hydrogens (tertiary/aromatic N) is 2. The number of fused-ring (bicyclic) bond motifs is 2. The summed E-state index contributed by atoms with van der Waals surface area (Å²) in [5, 5.41) is 36.8. The molecular formula is C38H20N2O14. The largest absolute Gasteiger partial charge is 0.478 e. The average Bonchev–Trinajstić information content (AvgIpc) is 3.53. The zero-order chi connectivity index (χ0) is 38.6. The van der Waals surface area contributed by atoms with E-state index in [1.807, 2.05) is 0 Å². The van der Waals surface area contributed by atoms with Crippen LogP contribution in [0.1, 0.15) is 41.4 Å². The molecule has 2 heterocycles. The summed E-state index contributed by atoms with van der Waals surface area (Å²) >= 11 is 0. The number of hydrogen-bond donors (Lipinski definition) is 4. The van der Waals surface area contributed by atoms with Crippen LogP contribution < -0.4 is 31.7 Å². The molecule has 0 radical (unpaired) electrons. The second-order valence-corrected chi connectivity index (χ2v) is 11.7. The van der Waals surface area contributed by atoms with E-state index < -0.39 is 68.4 Å². The Morgan fingerprint density at radius 2 is 0.704 bits per heavy atom. The Balaban J connectivity index is 1.24. The molecule has 0 aliphatic heterocycles. The van der Waals surface area contributed by atoms with Crippen LogP contribution in [-0.2, 0) is 0 Å². The number of benzene rings is 5. The molecule has 0 fully saturated rings. The molecule has 0 atom stereocenters. The first-order valence-corrected chi connectivity index (χ1v) is 15.5. The van der Waals surface area contributed by atoms with Crippen LogP contribution in [-0.4, -0.2) is 53.4 Å². The lowest BCUT2D eigenvalue weighted by molar-refractivity contribution is 0.0651. The van der Waals surface area contributed by atoms with Crippen LogP contribution in [0.5, 0.6) is 23.0 Å². The van der Waals surface area contributed by atoms with Crippen LogP contribution in [0.4, 0.5) is 0 Å². The number of aromatic nitrogens is 2. The van der Waals surface area contributed by atoms with Gasteiger partial charge in [0.1, 0.15) is 23.0 Å². The minimum absolute atomic E-state index is 0.0336. The van der Waals surface area contributed by atoms with Gasteiger partial charge in [0.25, 0.3) is 22.2 Å². The van der Waals surface area contributed by atoms with Crippen molar-refractivity contribution in [3.63, 3.8) is 0 Å². The summed E-state index contributed by atoms with van der Waals surface area (Å²) in [7, 11) is 0. The van der Waals surface area contributed by atoms with Gasteiger partial charge in [-0.1, -0.05) is 12.1 Å².